The minimum absolute atomic E-state index is 0. The molecule has 0 aliphatic carbocycles. The van der Waals surface area contributed by atoms with Gasteiger partial charge in [0.2, 0.25) is 11.8 Å². The van der Waals surface area contributed by atoms with Crippen molar-refractivity contribution in [2.75, 3.05) is 39.9 Å². The lowest BCUT2D eigenvalue weighted by Crippen LogP contribution is -2.46. The number of carbonyl (C=O) groups excluding carboxylic acids is 6. The molecule has 8 N–H and O–H groups in total. The van der Waals surface area contributed by atoms with E-state index in [1.165, 1.54) is 17.5 Å². The molecule has 380 valence electrons. The van der Waals surface area contributed by atoms with Gasteiger partial charge in [-0.25, -0.2) is 14.8 Å². The molecular weight excluding hydrogens is 923 g/mol. The van der Waals surface area contributed by atoms with Gasteiger partial charge in [0, 0.05) is 80.9 Å². The number of ether oxygens (including phenoxy) is 2. The molecule has 71 heavy (non-hydrogen) atoms. The first-order chi connectivity index (χ1) is 33.6. The van der Waals surface area contributed by atoms with Crippen molar-refractivity contribution in [2.24, 2.45) is 29.0 Å². The molecule has 1 aromatic heterocycles. The lowest BCUT2D eigenvalue weighted by molar-refractivity contribution is -0.142. The Morgan fingerprint density at radius 2 is 1.55 bits per heavy atom. The molecule has 1 aliphatic heterocycles. The van der Waals surface area contributed by atoms with Gasteiger partial charge in [0.25, 0.3) is 0 Å². The number of aromatic nitrogens is 2. The van der Waals surface area contributed by atoms with Gasteiger partial charge in [0.15, 0.2) is 23.2 Å². The Morgan fingerprint density at radius 3 is 2.15 bits per heavy atom. The second kappa shape index (κ2) is 27.6. The summed E-state index contributed by atoms with van der Waals surface area (Å²) in [5.74, 6) is -3.22. The van der Waals surface area contributed by atoms with Gasteiger partial charge in [-0.1, -0.05) is 63.1 Å². The molecule has 2 heterocycles. The van der Waals surface area contributed by atoms with Crippen molar-refractivity contribution in [1.29, 1.82) is 5.26 Å². The number of hydrogen-bond acceptors (Lipinski definition) is 13. The number of urea groups is 1. The van der Waals surface area contributed by atoms with Crippen LogP contribution in [-0.4, -0.2) is 96.0 Å². The maximum absolute atomic E-state index is 15.0. The number of nitriles is 1. The number of unbranched alkanes of at least 4 members (excludes halogenated alkanes) is 2. The number of primary amides is 1. The van der Waals surface area contributed by atoms with Crippen LogP contribution in [0.5, 0.6) is 11.5 Å². The summed E-state index contributed by atoms with van der Waals surface area (Å²) < 4.78 is 12.3. The molecule has 0 unspecified atom stereocenters. The fraction of sp³-hybridized carbons (Fsp3) is 0.453. The van der Waals surface area contributed by atoms with Crippen molar-refractivity contribution in [3.63, 3.8) is 0 Å². The summed E-state index contributed by atoms with van der Waals surface area (Å²) >= 11 is 0. The number of nitrogens with zero attached hydrogens (tertiary/aromatic N) is 4. The van der Waals surface area contributed by atoms with Crippen molar-refractivity contribution in [2.45, 2.75) is 104 Å². The predicted molar refractivity (Wildman–Crippen MR) is 276 cm³/mol. The van der Waals surface area contributed by atoms with E-state index in [0.29, 0.717) is 51.0 Å². The molecule has 0 saturated carbocycles. The number of nitrogens with one attached hydrogen (secondary N) is 2. The van der Waals surface area contributed by atoms with E-state index in [1.54, 1.807) is 57.2 Å². The summed E-state index contributed by atoms with van der Waals surface area (Å²) in [7, 11) is 1.46. The van der Waals surface area contributed by atoms with E-state index in [0.717, 1.165) is 31.2 Å². The maximum Gasteiger partial charge on any atom is 0.312 e. The molecule has 4 atom stereocenters. The first-order valence-electron chi connectivity index (χ1n) is 24.0. The van der Waals surface area contributed by atoms with Gasteiger partial charge in [-0.2, -0.15) is 18.8 Å². The van der Waals surface area contributed by atoms with Gasteiger partial charge in [-0.3, -0.25) is 24.0 Å². The van der Waals surface area contributed by atoms with Gasteiger partial charge >= 0.3 is 6.03 Å². The Morgan fingerprint density at radius 1 is 0.915 bits per heavy atom. The quantitative estimate of drug-likeness (QED) is 0.0454. The summed E-state index contributed by atoms with van der Waals surface area (Å²) in [6.45, 7) is 7.79. The summed E-state index contributed by atoms with van der Waals surface area (Å²) in [4.78, 5) is 94.3. The third kappa shape index (κ3) is 15.4. The van der Waals surface area contributed by atoms with Crippen LogP contribution in [0.1, 0.15) is 110 Å². The average Bonchev–Trinajstić information content (AvgIpc) is 3.33. The van der Waals surface area contributed by atoms with Gasteiger partial charge in [-0.05, 0) is 80.5 Å². The largest absolute Gasteiger partial charge is 0.492 e. The first kappa shape index (κ1) is 56.9. The molecule has 4 amide bonds. The Balaban J connectivity index is 0.0000110. The highest BCUT2D eigenvalue weighted by Gasteiger charge is 2.37. The molecule has 17 nitrogen and oxygen atoms in total. The van der Waals surface area contributed by atoms with Crippen LogP contribution in [0, 0.1) is 37.0 Å². The van der Waals surface area contributed by atoms with Gasteiger partial charge in [-0.15, -0.1) is 0 Å². The third-order valence-electron chi connectivity index (χ3n) is 12.4. The van der Waals surface area contributed by atoms with Gasteiger partial charge in [0.05, 0.1) is 29.1 Å². The Bertz CT molecular complexity index is 2540. The van der Waals surface area contributed by atoms with Crippen molar-refractivity contribution < 1.29 is 38.2 Å². The minimum Gasteiger partial charge on any atom is -0.492 e. The highest BCUT2D eigenvalue weighted by Crippen LogP contribution is 2.41. The molecule has 3 aromatic carbocycles. The fourth-order valence-electron chi connectivity index (χ4n) is 8.78. The Hall–Kier alpha value is -6.68. The molecular formula is C53H69N9O8S. The van der Waals surface area contributed by atoms with Crippen LogP contribution in [-0.2, 0) is 32.0 Å². The number of ketones is 3. The second-order valence-electron chi connectivity index (χ2n) is 17.8. The summed E-state index contributed by atoms with van der Waals surface area (Å²) in [6, 6.07) is 17.2. The monoisotopic (exact) mass is 991 g/mol. The zero-order valence-electron chi connectivity index (χ0n) is 41.5. The van der Waals surface area contributed by atoms with E-state index in [2.05, 4.69) is 29.7 Å². The van der Waals surface area contributed by atoms with Crippen LogP contribution in [0.3, 0.4) is 0 Å². The van der Waals surface area contributed by atoms with E-state index >= 15 is 4.79 Å². The number of hydrogen-bond donors (Lipinski definition) is 5. The molecule has 4 bridgehead atoms. The molecule has 0 fully saturated rings. The zero-order chi connectivity index (χ0) is 50.9. The Kier molecular flexibility index (Phi) is 22.2. The zero-order valence-corrected chi connectivity index (χ0v) is 42.5. The number of rotatable bonds is 22. The molecule has 0 saturated heterocycles. The number of likely N-dealkylation sites (N-methyl/N-ethyl adjacent to an activating group) is 1. The lowest BCUT2D eigenvalue weighted by atomic mass is 9.88. The van der Waals surface area contributed by atoms with E-state index in [9.17, 15) is 29.2 Å². The number of aryl methyl sites for hydroxylation is 3. The standard InChI is InChI=1S/C53H67N9O8.H2S/c1-6-7-8-10-35-12-15-37(16-13-35)50-59-33(3)48(34(4)60-50)44(64)31-39(20-24-58-53(57)68)52(67)62(5)49-38-17-19-47(70-26-23-56)41(30-38)40-28-36(14-18-46(40)69-25-22-55)29-42(43(63)11-9-21-54)61-51(66)32(2)27-45(49)65;/h12-19,28,30,32,39,42,49H,6-11,20,22-27,29,31,55-56H2,1-5H3,(H,61,66)(H3,57,58,68);1H2/t32-,39-,42+,49+;/m1./s1. The van der Waals surface area contributed by atoms with E-state index in [1.807, 2.05) is 18.2 Å². The summed E-state index contributed by atoms with van der Waals surface area (Å²) in [5.41, 5.74) is 22.3. The molecule has 5 rings (SSSR count). The topological polar surface area (TPSA) is 276 Å². The number of benzene rings is 3. The molecule has 1 aliphatic rings. The minimum atomic E-state index is -1.32. The molecule has 0 spiro atoms. The molecule has 18 heteroatoms. The van der Waals surface area contributed by atoms with E-state index in [-0.39, 0.29) is 96.2 Å². The molecule has 0 radical (unpaired) electrons. The van der Waals surface area contributed by atoms with Gasteiger partial charge < -0.3 is 42.2 Å². The van der Waals surface area contributed by atoms with Crippen LogP contribution < -0.4 is 37.3 Å². The first-order valence-corrected chi connectivity index (χ1v) is 24.0. The number of Topliss-reactive ketones (excluding diaryl/α,β-unsaturated/α-hetero) is 3. The van der Waals surface area contributed by atoms with Crippen molar-refractivity contribution in [3.05, 3.63) is 94.3 Å². The van der Waals surface area contributed by atoms with E-state index in [4.69, 9.17) is 36.6 Å². The smallest absolute Gasteiger partial charge is 0.312 e. The van der Waals surface area contributed by atoms with Crippen LogP contribution in [0.4, 0.5) is 4.79 Å². The highest BCUT2D eigenvalue weighted by molar-refractivity contribution is 7.59. The van der Waals surface area contributed by atoms with Crippen LogP contribution in [0.2, 0.25) is 0 Å². The number of nitrogens with two attached hydrogens (primary N) is 3. The van der Waals surface area contributed by atoms with Gasteiger partial charge in [0.1, 0.15) is 30.8 Å². The normalized spacial score (nSPS) is 16.0. The Labute approximate surface area is 423 Å². The van der Waals surface area contributed by atoms with Crippen molar-refractivity contribution in [1.82, 2.24) is 25.5 Å². The van der Waals surface area contributed by atoms with Crippen LogP contribution >= 0.6 is 13.5 Å². The SMILES string of the molecule is CCCCCc1ccc(-c2nc(C)c(C(=O)C[C@@H](CCNC(N)=O)C(=O)N(C)[C@@H]3C(=O)C[C@@H](C)C(=O)N[C@H](C(=O)CCC#N)Cc4ccc(OCCN)c(c4)-c4cc3ccc4OCCN)c(C)n2)cc1.S. The number of amides is 4. The number of carbonyl (C=O) groups is 6. The van der Waals surface area contributed by atoms with E-state index < -0.39 is 53.3 Å². The average molecular weight is 992 g/mol. The fourth-order valence-corrected chi connectivity index (χ4v) is 8.78. The van der Waals surface area contributed by atoms with Crippen LogP contribution in [0.25, 0.3) is 22.5 Å². The summed E-state index contributed by atoms with van der Waals surface area (Å²) in [6.07, 6.45) is 3.60. The second-order valence-corrected chi connectivity index (χ2v) is 17.8. The van der Waals surface area contributed by atoms with Crippen LogP contribution in [0.15, 0.2) is 60.7 Å². The summed E-state index contributed by atoms with van der Waals surface area (Å²) in [5, 5.41) is 14.6. The predicted octanol–water partition coefficient (Wildman–Crippen LogP) is 5.90. The third-order valence-corrected chi connectivity index (χ3v) is 12.4. The maximum atomic E-state index is 15.0. The lowest BCUT2D eigenvalue weighted by Gasteiger charge is -2.32. The van der Waals surface area contributed by atoms with Crippen molar-refractivity contribution in [3.8, 4) is 40.1 Å². The number of fused-ring (bicyclic) bond motifs is 5. The van der Waals surface area contributed by atoms with Crippen molar-refractivity contribution >= 4 is 48.7 Å². The highest BCUT2D eigenvalue weighted by atomic mass is 32.1. The molecule has 4 aromatic rings.